The lowest BCUT2D eigenvalue weighted by molar-refractivity contribution is -0.172. The molecular formula is C24H33NO3. The van der Waals surface area contributed by atoms with Gasteiger partial charge < -0.3 is 9.94 Å². The van der Waals surface area contributed by atoms with Crippen LogP contribution in [0.25, 0.3) is 0 Å². The minimum Gasteiger partial charge on any atom is -0.445 e. The number of carbonyl (C=O) groups excluding carboxylic acids is 1. The number of fused-ring (bicyclic) bond motifs is 5. The zero-order valence-corrected chi connectivity index (χ0v) is 17.5. The van der Waals surface area contributed by atoms with E-state index in [2.05, 4.69) is 31.0 Å². The summed E-state index contributed by atoms with van der Waals surface area (Å²) in [5.41, 5.74) is 1.67. The van der Waals surface area contributed by atoms with Crippen molar-refractivity contribution in [3.8, 4) is 12.3 Å². The van der Waals surface area contributed by atoms with Crippen LogP contribution in [0.2, 0.25) is 0 Å². The molecule has 3 fully saturated rings. The van der Waals surface area contributed by atoms with Crippen molar-refractivity contribution in [3.63, 3.8) is 0 Å². The van der Waals surface area contributed by atoms with E-state index in [9.17, 15) is 10.0 Å². The maximum absolute atomic E-state index is 11.9. The Bertz CT molecular complexity index is 777. The van der Waals surface area contributed by atoms with Gasteiger partial charge >= 0.3 is 5.97 Å². The fourth-order valence-electron chi connectivity index (χ4n) is 7.83. The first-order valence-corrected chi connectivity index (χ1v) is 10.9. The monoisotopic (exact) mass is 383 g/mol. The second kappa shape index (κ2) is 6.65. The van der Waals surface area contributed by atoms with Crippen LogP contribution >= 0.6 is 0 Å². The molecule has 28 heavy (non-hydrogen) atoms. The van der Waals surface area contributed by atoms with Crippen molar-refractivity contribution in [2.75, 3.05) is 0 Å². The number of ether oxygens (including phenoxy) is 1. The summed E-state index contributed by atoms with van der Waals surface area (Å²) < 4.78 is 5.92. The molecule has 4 nitrogen and oxygen atoms in total. The SMILES string of the molecule is C#CC1(OC(C)=O)CCC2C3CCC4=CC(=NO)CCC4(C)C3CCC21CC. The van der Waals surface area contributed by atoms with Gasteiger partial charge in [-0.2, -0.15) is 0 Å². The molecule has 0 aromatic rings. The maximum Gasteiger partial charge on any atom is 0.304 e. The van der Waals surface area contributed by atoms with E-state index < -0.39 is 5.60 Å². The molecule has 0 bridgehead atoms. The number of carbonyl (C=O) groups is 1. The van der Waals surface area contributed by atoms with Gasteiger partial charge in [0.15, 0.2) is 5.60 Å². The molecule has 1 N–H and O–H groups in total. The summed E-state index contributed by atoms with van der Waals surface area (Å²) in [6.07, 6.45) is 17.4. The molecule has 0 aromatic heterocycles. The van der Waals surface area contributed by atoms with Crippen LogP contribution in [0.15, 0.2) is 16.8 Å². The summed E-state index contributed by atoms with van der Waals surface area (Å²) in [4.78, 5) is 11.9. The number of hydrogen-bond acceptors (Lipinski definition) is 4. The minimum atomic E-state index is -0.733. The third-order valence-electron chi connectivity index (χ3n) is 9.11. The number of oxime groups is 1. The summed E-state index contributed by atoms with van der Waals surface area (Å²) in [7, 11) is 0. The first-order chi connectivity index (χ1) is 13.4. The van der Waals surface area contributed by atoms with E-state index >= 15 is 0 Å². The Morgan fingerprint density at radius 3 is 2.68 bits per heavy atom. The molecule has 6 unspecified atom stereocenters. The molecule has 3 saturated carbocycles. The average molecular weight is 384 g/mol. The molecule has 0 aromatic carbocycles. The van der Waals surface area contributed by atoms with Crippen molar-refractivity contribution in [2.24, 2.45) is 33.7 Å². The first kappa shape index (κ1) is 19.6. The van der Waals surface area contributed by atoms with Crippen molar-refractivity contribution in [1.82, 2.24) is 0 Å². The van der Waals surface area contributed by atoms with Gasteiger partial charge in [-0.1, -0.05) is 30.5 Å². The molecule has 0 amide bonds. The van der Waals surface area contributed by atoms with Crippen LogP contribution in [-0.4, -0.2) is 22.5 Å². The fraction of sp³-hybridized carbons (Fsp3) is 0.750. The number of terminal acetylenes is 1. The number of hydrogen-bond donors (Lipinski definition) is 1. The van der Waals surface area contributed by atoms with E-state index in [0.717, 1.165) is 63.5 Å². The van der Waals surface area contributed by atoms with Crippen LogP contribution in [0, 0.1) is 40.9 Å². The first-order valence-electron chi connectivity index (χ1n) is 10.9. The second-order valence-corrected chi connectivity index (χ2v) is 9.75. The Balaban J connectivity index is 1.70. The minimum absolute atomic E-state index is 0.0848. The summed E-state index contributed by atoms with van der Waals surface area (Å²) in [5.74, 6) is 4.53. The van der Waals surface area contributed by atoms with Gasteiger partial charge in [0.1, 0.15) is 0 Å². The van der Waals surface area contributed by atoms with E-state index in [-0.39, 0.29) is 16.8 Å². The lowest BCUT2D eigenvalue weighted by Gasteiger charge is -2.59. The topological polar surface area (TPSA) is 58.9 Å². The third kappa shape index (κ3) is 2.44. The largest absolute Gasteiger partial charge is 0.445 e. The Kier molecular flexibility index (Phi) is 4.64. The van der Waals surface area contributed by atoms with Gasteiger partial charge in [0.2, 0.25) is 0 Å². The van der Waals surface area contributed by atoms with Crippen LogP contribution in [0.3, 0.4) is 0 Å². The average Bonchev–Trinajstić information content (AvgIpc) is 3.01. The summed E-state index contributed by atoms with van der Waals surface area (Å²) in [6.45, 7) is 6.15. The van der Waals surface area contributed by atoms with Crippen LogP contribution < -0.4 is 0 Å². The highest BCUT2D eigenvalue weighted by Crippen LogP contribution is 2.69. The molecule has 152 valence electrons. The van der Waals surface area contributed by atoms with Gasteiger partial charge in [-0.05, 0) is 87.0 Å². The Morgan fingerprint density at radius 2 is 2.04 bits per heavy atom. The van der Waals surface area contributed by atoms with Crippen LogP contribution in [-0.2, 0) is 9.53 Å². The molecule has 4 rings (SSSR count). The Morgan fingerprint density at radius 1 is 1.29 bits per heavy atom. The zero-order chi connectivity index (χ0) is 20.2. The van der Waals surface area contributed by atoms with Crippen molar-refractivity contribution >= 4 is 11.7 Å². The quantitative estimate of drug-likeness (QED) is 0.312. The second-order valence-electron chi connectivity index (χ2n) is 9.75. The van der Waals surface area contributed by atoms with Gasteiger partial charge in [-0.3, -0.25) is 4.79 Å². The third-order valence-corrected chi connectivity index (χ3v) is 9.11. The number of nitrogens with zero attached hydrogens (tertiary/aromatic N) is 1. The van der Waals surface area contributed by atoms with E-state index in [1.165, 1.54) is 12.5 Å². The predicted octanol–water partition coefficient (Wildman–Crippen LogP) is 5.10. The van der Waals surface area contributed by atoms with Crippen molar-refractivity contribution in [2.45, 2.75) is 84.2 Å². The molecule has 4 aliphatic carbocycles. The van der Waals surface area contributed by atoms with Gasteiger partial charge in [0.05, 0.1) is 5.71 Å². The van der Waals surface area contributed by atoms with Crippen molar-refractivity contribution < 1.29 is 14.7 Å². The van der Waals surface area contributed by atoms with E-state index in [1.54, 1.807) is 0 Å². The molecule has 4 heteroatoms. The number of esters is 1. The molecular weight excluding hydrogens is 350 g/mol. The number of allylic oxidation sites excluding steroid dienone is 2. The highest BCUT2D eigenvalue weighted by molar-refractivity contribution is 5.96. The molecule has 0 heterocycles. The lowest BCUT2D eigenvalue weighted by atomic mass is 9.45. The molecule has 4 aliphatic rings. The molecule has 0 aliphatic heterocycles. The van der Waals surface area contributed by atoms with E-state index in [4.69, 9.17) is 11.2 Å². The Hall–Kier alpha value is -1.76. The van der Waals surface area contributed by atoms with Crippen LogP contribution in [0.4, 0.5) is 0 Å². The van der Waals surface area contributed by atoms with Crippen molar-refractivity contribution in [3.05, 3.63) is 11.6 Å². The van der Waals surface area contributed by atoms with Gasteiger partial charge in [-0.15, -0.1) is 6.42 Å². The molecule has 0 radical (unpaired) electrons. The lowest BCUT2D eigenvalue weighted by Crippen LogP contribution is -2.56. The van der Waals surface area contributed by atoms with Crippen LogP contribution in [0.5, 0.6) is 0 Å². The molecule has 6 atom stereocenters. The highest BCUT2D eigenvalue weighted by Gasteiger charge is 2.66. The zero-order valence-electron chi connectivity index (χ0n) is 17.5. The smallest absolute Gasteiger partial charge is 0.304 e. The summed E-state index contributed by atoms with van der Waals surface area (Å²) >= 11 is 0. The normalized spacial score (nSPS) is 46.0. The maximum atomic E-state index is 11.9. The standard InChI is InChI=1S/C24H33NO3/c1-5-23-13-10-20-19(21(23)11-14-24(23,6-2)28-16(3)26)8-7-17-15-18(25-27)9-12-22(17,20)4/h2,15,19-21,27H,5,7-14H2,1,3-4H3. The fourth-order valence-corrected chi connectivity index (χ4v) is 7.83. The molecule has 0 spiro atoms. The molecule has 0 saturated heterocycles. The predicted molar refractivity (Wildman–Crippen MR) is 109 cm³/mol. The summed E-state index contributed by atoms with van der Waals surface area (Å²) in [5, 5.41) is 12.7. The number of rotatable bonds is 2. The Labute approximate surface area is 168 Å². The van der Waals surface area contributed by atoms with E-state index in [1.807, 2.05) is 0 Å². The van der Waals surface area contributed by atoms with Gasteiger partial charge in [0.25, 0.3) is 0 Å². The summed E-state index contributed by atoms with van der Waals surface area (Å²) in [6, 6.07) is 0. The van der Waals surface area contributed by atoms with E-state index in [0.29, 0.717) is 17.8 Å². The van der Waals surface area contributed by atoms with Crippen molar-refractivity contribution in [1.29, 1.82) is 0 Å². The highest BCUT2D eigenvalue weighted by atomic mass is 16.6. The van der Waals surface area contributed by atoms with Gasteiger partial charge in [0, 0.05) is 12.3 Å². The van der Waals surface area contributed by atoms with Crippen LogP contribution in [0.1, 0.15) is 78.6 Å². The van der Waals surface area contributed by atoms with Gasteiger partial charge in [-0.25, -0.2) is 0 Å².